The lowest BCUT2D eigenvalue weighted by Crippen LogP contribution is -1.99. The Morgan fingerprint density at radius 2 is 2.00 bits per heavy atom. The molecular formula is C12H11ClFN3. The van der Waals surface area contributed by atoms with Crippen LogP contribution in [0.4, 0.5) is 4.39 Å². The maximum absolute atomic E-state index is 13.1. The van der Waals surface area contributed by atoms with Gasteiger partial charge in [0, 0.05) is 17.3 Å². The maximum Gasteiger partial charge on any atom is 0.142 e. The highest BCUT2D eigenvalue weighted by Gasteiger charge is 2.15. The average molecular weight is 252 g/mol. The summed E-state index contributed by atoms with van der Waals surface area (Å²) in [5.74, 6) is -0.242. The van der Waals surface area contributed by atoms with Crippen molar-refractivity contribution in [3.8, 4) is 11.3 Å². The van der Waals surface area contributed by atoms with Crippen LogP contribution in [0.1, 0.15) is 25.3 Å². The first-order valence-corrected chi connectivity index (χ1v) is 5.58. The molecule has 17 heavy (non-hydrogen) atoms. The summed E-state index contributed by atoms with van der Waals surface area (Å²) in [6.07, 6.45) is 4.09. The van der Waals surface area contributed by atoms with Crippen LogP contribution in [0, 0.1) is 5.82 Å². The fourth-order valence-electron chi connectivity index (χ4n) is 1.66. The molecule has 0 aliphatic rings. The summed E-state index contributed by atoms with van der Waals surface area (Å²) < 4.78 is 13.1. The van der Waals surface area contributed by atoms with Crippen molar-refractivity contribution in [2.45, 2.75) is 19.8 Å². The van der Waals surface area contributed by atoms with E-state index < -0.39 is 5.82 Å². The van der Waals surface area contributed by atoms with E-state index in [9.17, 15) is 4.39 Å². The Bertz CT molecular complexity index is 543. The molecule has 0 aliphatic heterocycles. The summed E-state index contributed by atoms with van der Waals surface area (Å²) in [6.45, 7) is 3.97. The lowest BCUT2D eigenvalue weighted by molar-refractivity contribution is 0.622. The molecule has 0 bridgehead atoms. The van der Waals surface area contributed by atoms with Gasteiger partial charge < -0.3 is 0 Å². The standard InChI is InChI=1S/C12H11ClFN3/c1-7(2)10-11(16-6-17-12(10)13)8-3-9(14)5-15-4-8/h3-7H,1-2H3. The van der Waals surface area contributed by atoms with Crippen molar-refractivity contribution in [2.24, 2.45) is 0 Å². The van der Waals surface area contributed by atoms with E-state index in [1.165, 1.54) is 12.4 Å². The van der Waals surface area contributed by atoms with E-state index in [4.69, 9.17) is 11.6 Å². The van der Waals surface area contributed by atoms with Crippen molar-refractivity contribution in [3.05, 3.63) is 41.3 Å². The van der Waals surface area contributed by atoms with E-state index in [2.05, 4.69) is 15.0 Å². The molecule has 0 amide bonds. The molecule has 3 nitrogen and oxygen atoms in total. The van der Waals surface area contributed by atoms with Crippen molar-refractivity contribution < 1.29 is 4.39 Å². The van der Waals surface area contributed by atoms with Gasteiger partial charge in [0.25, 0.3) is 0 Å². The van der Waals surface area contributed by atoms with E-state index in [1.807, 2.05) is 13.8 Å². The Balaban J connectivity index is 2.63. The van der Waals surface area contributed by atoms with Crippen LogP contribution >= 0.6 is 11.6 Å². The summed E-state index contributed by atoms with van der Waals surface area (Å²) in [5.41, 5.74) is 2.05. The summed E-state index contributed by atoms with van der Waals surface area (Å²) in [7, 11) is 0. The van der Waals surface area contributed by atoms with Gasteiger partial charge in [0.15, 0.2) is 0 Å². The molecule has 0 aromatic carbocycles. The molecule has 0 unspecified atom stereocenters. The summed E-state index contributed by atoms with van der Waals surface area (Å²) in [4.78, 5) is 11.9. The van der Waals surface area contributed by atoms with Crippen molar-refractivity contribution in [3.63, 3.8) is 0 Å². The number of hydrogen-bond donors (Lipinski definition) is 0. The molecule has 0 N–H and O–H groups in total. The van der Waals surface area contributed by atoms with E-state index in [0.29, 0.717) is 16.4 Å². The minimum atomic E-state index is -0.396. The minimum Gasteiger partial charge on any atom is -0.261 e. The van der Waals surface area contributed by atoms with E-state index in [-0.39, 0.29) is 5.92 Å². The quantitative estimate of drug-likeness (QED) is 0.768. The van der Waals surface area contributed by atoms with Gasteiger partial charge in [0.1, 0.15) is 17.3 Å². The molecule has 2 heterocycles. The van der Waals surface area contributed by atoms with Gasteiger partial charge in [-0.2, -0.15) is 0 Å². The van der Waals surface area contributed by atoms with Crippen LogP contribution in [0.5, 0.6) is 0 Å². The summed E-state index contributed by atoms with van der Waals surface area (Å²) in [6, 6.07) is 1.39. The number of aromatic nitrogens is 3. The highest BCUT2D eigenvalue weighted by atomic mass is 35.5. The highest BCUT2D eigenvalue weighted by molar-refractivity contribution is 6.30. The zero-order chi connectivity index (χ0) is 12.4. The topological polar surface area (TPSA) is 38.7 Å². The Labute approximate surface area is 104 Å². The third-order valence-electron chi connectivity index (χ3n) is 2.39. The van der Waals surface area contributed by atoms with Crippen molar-refractivity contribution in [2.75, 3.05) is 0 Å². The molecule has 2 aromatic heterocycles. The summed E-state index contributed by atoms with van der Waals surface area (Å²) in [5, 5.41) is 0.397. The lowest BCUT2D eigenvalue weighted by atomic mass is 9.99. The molecule has 0 fully saturated rings. The Morgan fingerprint density at radius 3 is 2.65 bits per heavy atom. The number of hydrogen-bond acceptors (Lipinski definition) is 3. The van der Waals surface area contributed by atoms with Crippen LogP contribution in [0.25, 0.3) is 11.3 Å². The van der Waals surface area contributed by atoms with Gasteiger partial charge in [0.05, 0.1) is 11.9 Å². The minimum absolute atomic E-state index is 0.155. The van der Waals surface area contributed by atoms with Gasteiger partial charge in [-0.15, -0.1) is 0 Å². The van der Waals surface area contributed by atoms with Gasteiger partial charge >= 0.3 is 0 Å². The second-order valence-corrected chi connectivity index (χ2v) is 4.33. The van der Waals surface area contributed by atoms with Gasteiger partial charge in [-0.05, 0) is 12.0 Å². The van der Waals surface area contributed by atoms with Crippen LogP contribution in [0.2, 0.25) is 5.15 Å². The first kappa shape index (κ1) is 11.9. The van der Waals surface area contributed by atoms with Crippen LogP contribution < -0.4 is 0 Å². The van der Waals surface area contributed by atoms with Crippen molar-refractivity contribution in [1.29, 1.82) is 0 Å². The predicted molar refractivity (Wildman–Crippen MR) is 64.3 cm³/mol. The normalized spacial score (nSPS) is 10.9. The molecule has 0 aliphatic carbocycles. The molecule has 0 saturated carbocycles. The SMILES string of the molecule is CC(C)c1c(Cl)ncnc1-c1cncc(F)c1. The third-order valence-corrected chi connectivity index (χ3v) is 2.69. The lowest BCUT2D eigenvalue weighted by Gasteiger charge is -2.12. The van der Waals surface area contributed by atoms with E-state index >= 15 is 0 Å². The van der Waals surface area contributed by atoms with Crippen molar-refractivity contribution in [1.82, 2.24) is 15.0 Å². The monoisotopic (exact) mass is 251 g/mol. The van der Waals surface area contributed by atoms with Crippen LogP contribution in [0.15, 0.2) is 24.8 Å². The second-order valence-electron chi connectivity index (χ2n) is 3.97. The molecule has 0 saturated heterocycles. The molecule has 5 heteroatoms. The fraction of sp³-hybridized carbons (Fsp3) is 0.250. The molecule has 0 radical (unpaired) electrons. The molecule has 2 aromatic rings. The van der Waals surface area contributed by atoms with Crippen LogP contribution in [-0.4, -0.2) is 15.0 Å². The van der Waals surface area contributed by atoms with E-state index in [0.717, 1.165) is 11.8 Å². The van der Waals surface area contributed by atoms with Gasteiger partial charge in [0.2, 0.25) is 0 Å². The molecular weight excluding hydrogens is 241 g/mol. The molecule has 88 valence electrons. The number of rotatable bonds is 2. The van der Waals surface area contributed by atoms with E-state index in [1.54, 1.807) is 6.20 Å². The van der Waals surface area contributed by atoms with Gasteiger partial charge in [-0.1, -0.05) is 25.4 Å². The largest absolute Gasteiger partial charge is 0.261 e. The Kier molecular flexibility index (Phi) is 3.33. The van der Waals surface area contributed by atoms with Crippen LogP contribution in [0.3, 0.4) is 0 Å². The second kappa shape index (κ2) is 4.75. The number of halogens is 2. The first-order chi connectivity index (χ1) is 8.09. The molecule has 2 rings (SSSR count). The van der Waals surface area contributed by atoms with Crippen LogP contribution in [-0.2, 0) is 0 Å². The Morgan fingerprint density at radius 1 is 1.24 bits per heavy atom. The highest BCUT2D eigenvalue weighted by Crippen LogP contribution is 2.31. The maximum atomic E-state index is 13.1. The predicted octanol–water partition coefficient (Wildman–Crippen LogP) is 3.45. The smallest absolute Gasteiger partial charge is 0.142 e. The number of pyridine rings is 1. The third kappa shape index (κ3) is 2.42. The summed E-state index contributed by atoms with van der Waals surface area (Å²) >= 11 is 6.05. The number of nitrogens with zero attached hydrogens (tertiary/aromatic N) is 3. The van der Waals surface area contributed by atoms with Gasteiger partial charge in [-0.25, -0.2) is 14.4 Å². The molecule has 0 spiro atoms. The average Bonchev–Trinajstić information content (AvgIpc) is 2.28. The zero-order valence-electron chi connectivity index (χ0n) is 9.48. The Hall–Kier alpha value is -1.55. The zero-order valence-corrected chi connectivity index (χ0v) is 10.2. The van der Waals surface area contributed by atoms with Crippen molar-refractivity contribution >= 4 is 11.6 Å². The van der Waals surface area contributed by atoms with Gasteiger partial charge in [-0.3, -0.25) is 4.98 Å². The molecule has 0 atom stereocenters. The fourth-order valence-corrected chi connectivity index (χ4v) is 2.01. The first-order valence-electron chi connectivity index (χ1n) is 5.21.